The van der Waals surface area contributed by atoms with E-state index in [1.165, 1.54) is 12.1 Å². The van der Waals surface area contributed by atoms with Crippen LogP contribution < -0.4 is 10.6 Å². The van der Waals surface area contributed by atoms with Crippen LogP contribution in [0.25, 0.3) is 0 Å². The molecule has 6 heteroatoms. The Hall–Kier alpha value is -1.95. The molecule has 1 aromatic carbocycles. The van der Waals surface area contributed by atoms with E-state index in [0.29, 0.717) is 11.4 Å². The number of carbonyl (C=O) groups excluding carboxylic acids is 1. The zero-order valence-electron chi connectivity index (χ0n) is 9.86. The fourth-order valence-electron chi connectivity index (χ4n) is 1.44. The second-order valence-corrected chi connectivity index (χ2v) is 4.71. The van der Waals surface area contributed by atoms with Gasteiger partial charge in [0.05, 0.1) is 0 Å². The Morgan fingerprint density at radius 3 is 2.84 bits per heavy atom. The molecule has 2 aromatic rings. The van der Waals surface area contributed by atoms with E-state index < -0.39 is 0 Å². The molecule has 0 saturated heterocycles. The molecular weight excluding hydrogens is 313 g/mol. The number of hydrogen-bond donors (Lipinski definition) is 2. The second-order valence-electron chi connectivity index (χ2n) is 3.80. The fraction of sp³-hybridized carbons (Fsp3) is 0.0769. The van der Waals surface area contributed by atoms with Gasteiger partial charge in [-0.25, -0.2) is 14.2 Å². The third kappa shape index (κ3) is 4.33. The van der Waals surface area contributed by atoms with Crippen molar-refractivity contribution in [2.75, 3.05) is 5.32 Å². The lowest BCUT2D eigenvalue weighted by Gasteiger charge is -2.07. The quantitative estimate of drug-likeness (QED) is 0.910. The van der Waals surface area contributed by atoms with Crippen molar-refractivity contribution >= 4 is 27.8 Å². The minimum absolute atomic E-state index is 0.250. The maximum absolute atomic E-state index is 12.9. The predicted octanol–water partition coefficient (Wildman–Crippen LogP) is 3.30. The van der Waals surface area contributed by atoms with Crippen molar-refractivity contribution in [1.29, 1.82) is 0 Å². The molecular formula is C13H11BrFN3O. The SMILES string of the molecule is O=C(NCc1cccc(F)c1)Nc1ccc(Br)cn1. The standard InChI is InChI=1S/C13H11BrFN3O/c14-10-4-5-12(16-8-10)18-13(19)17-7-9-2-1-3-11(15)6-9/h1-6,8H,7H2,(H2,16,17,18,19). The molecule has 0 aliphatic rings. The Morgan fingerprint density at radius 2 is 2.16 bits per heavy atom. The molecule has 0 fully saturated rings. The highest BCUT2D eigenvalue weighted by Crippen LogP contribution is 2.10. The molecule has 2 rings (SSSR count). The summed E-state index contributed by atoms with van der Waals surface area (Å²) in [5.41, 5.74) is 0.693. The van der Waals surface area contributed by atoms with Gasteiger partial charge in [-0.05, 0) is 45.8 Å². The van der Waals surface area contributed by atoms with Gasteiger partial charge in [0.2, 0.25) is 0 Å². The lowest BCUT2D eigenvalue weighted by Crippen LogP contribution is -2.28. The first-order valence-electron chi connectivity index (χ1n) is 5.54. The number of amides is 2. The number of halogens is 2. The molecule has 0 aliphatic heterocycles. The first-order valence-corrected chi connectivity index (χ1v) is 6.33. The van der Waals surface area contributed by atoms with Crippen LogP contribution in [0.5, 0.6) is 0 Å². The Bertz CT molecular complexity index is 574. The van der Waals surface area contributed by atoms with Gasteiger partial charge < -0.3 is 5.32 Å². The summed E-state index contributed by atoms with van der Waals surface area (Å²) in [5, 5.41) is 5.20. The summed E-state index contributed by atoms with van der Waals surface area (Å²) in [7, 11) is 0. The Balaban J connectivity index is 1.86. The van der Waals surface area contributed by atoms with Gasteiger partial charge in [0.15, 0.2) is 0 Å². The van der Waals surface area contributed by atoms with Crippen LogP contribution in [0.4, 0.5) is 15.0 Å². The molecule has 0 saturated carbocycles. The number of nitrogens with zero attached hydrogens (tertiary/aromatic N) is 1. The monoisotopic (exact) mass is 323 g/mol. The molecule has 0 radical (unpaired) electrons. The van der Waals surface area contributed by atoms with Gasteiger partial charge in [0.1, 0.15) is 11.6 Å². The number of anilines is 1. The molecule has 0 atom stereocenters. The predicted molar refractivity (Wildman–Crippen MR) is 74.2 cm³/mol. The minimum atomic E-state index is -0.390. The normalized spacial score (nSPS) is 10.0. The highest BCUT2D eigenvalue weighted by Gasteiger charge is 2.03. The fourth-order valence-corrected chi connectivity index (χ4v) is 1.67. The third-order valence-electron chi connectivity index (χ3n) is 2.31. The summed E-state index contributed by atoms with van der Waals surface area (Å²) < 4.78 is 13.8. The third-order valence-corrected chi connectivity index (χ3v) is 2.78. The summed E-state index contributed by atoms with van der Waals surface area (Å²) in [6, 6.07) is 9.12. The molecule has 2 amide bonds. The van der Waals surface area contributed by atoms with Gasteiger partial charge in [0, 0.05) is 17.2 Å². The molecule has 98 valence electrons. The summed E-state index contributed by atoms with van der Waals surface area (Å²) >= 11 is 3.25. The summed E-state index contributed by atoms with van der Waals surface area (Å²) in [6.45, 7) is 0.250. The van der Waals surface area contributed by atoms with E-state index in [1.807, 2.05) is 0 Å². The highest BCUT2D eigenvalue weighted by molar-refractivity contribution is 9.10. The maximum Gasteiger partial charge on any atom is 0.320 e. The topological polar surface area (TPSA) is 54.0 Å². The molecule has 0 spiro atoms. The lowest BCUT2D eigenvalue weighted by atomic mass is 10.2. The van der Waals surface area contributed by atoms with Crippen LogP contribution in [0.3, 0.4) is 0 Å². The van der Waals surface area contributed by atoms with Crippen LogP contribution >= 0.6 is 15.9 Å². The van der Waals surface area contributed by atoms with Crippen LogP contribution in [0, 0.1) is 5.82 Å². The van der Waals surface area contributed by atoms with E-state index in [4.69, 9.17) is 0 Å². The zero-order valence-corrected chi connectivity index (χ0v) is 11.4. The van der Waals surface area contributed by atoms with Crippen LogP contribution in [0.15, 0.2) is 47.1 Å². The Labute approximate surface area is 118 Å². The van der Waals surface area contributed by atoms with Crippen molar-refractivity contribution in [3.63, 3.8) is 0 Å². The van der Waals surface area contributed by atoms with Crippen molar-refractivity contribution in [1.82, 2.24) is 10.3 Å². The molecule has 0 aliphatic carbocycles. The second kappa shape index (κ2) is 6.29. The van der Waals surface area contributed by atoms with Crippen molar-refractivity contribution in [2.45, 2.75) is 6.54 Å². The van der Waals surface area contributed by atoms with Gasteiger partial charge in [-0.1, -0.05) is 12.1 Å². The molecule has 19 heavy (non-hydrogen) atoms. The van der Waals surface area contributed by atoms with Crippen molar-refractivity contribution in [2.24, 2.45) is 0 Å². The van der Waals surface area contributed by atoms with E-state index >= 15 is 0 Å². The van der Waals surface area contributed by atoms with E-state index in [9.17, 15) is 9.18 Å². The number of benzene rings is 1. The first-order chi connectivity index (χ1) is 9.13. The number of urea groups is 1. The van der Waals surface area contributed by atoms with Crippen LogP contribution in [0.1, 0.15) is 5.56 Å². The van der Waals surface area contributed by atoms with Crippen LogP contribution in [0.2, 0.25) is 0 Å². The average Bonchev–Trinajstić information content (AvgIpc) is 2.39. The summed E-state index contributed by atoms with van der Waals surface area (Å²) in [6.07, 6.45) is 1.59. The number of hydrogen-bond acceptors (Lipinski definition) is 2. The molecule has 1 heterocycles. The number of aromatic nitrogens is 1. The number of carbonyl (C=O) groups is 1. The number of nitrogens with one attached hydrogen (secondary N) is 2. The smallest absolute Gasteiger partial charge is 0.320 e. The van der Waals surface area contributed by atoms with Crippen molar-refractivity contribution < 1.29 is 9.18 Å². The molecule has 0 bridgehead atoms. The van der Waals surface area contributed by atoms with E-state index in [1.54, 1.807) is 30.5 Å². The van der Waals surface area contributed by atoms with Gasteiger partial charge in [-0.2, -0.15) is 0 Å². The molecule has 0 unspecified atom stereocenters. The van der Waals surface area contributed by atoms with Crippen LogP contribution in [-0.2, 0) is 6.54 Å². The Morgan fingerprint density at radius 1 is 1.32 bits per heavy atom. The van der Waals surface area contributed by atoms with Gasteiger partial charge >= 0.3 is 6.03 Å². The van der Waals surface area contributed by atoms with Crippen molar-refractivity contribution in [3.8, 4) is 0 Å². The van der Waals surface area contributed by atoms with Crippen molar-refractivity contribution in [3.05, 3.63) is 58.4 Å². The molecule has 1 aromatic heterocycles. The van der Waals surface area contributed by atoms with E-state index in [-0.39, 0.29) is 18.4 Å². The Kier molecular flexibility index (Phi) is 4.46. The minimum Gasteiger partial charge on any atom is -0.334 e. The van der Waals surface area contributed by atoms with Gasteiger partial charge in [0.25, 0.3) is 0 Å². The largest absolute Gasteiger partial charge is 0.334 e. The summed E-state index contributed by atoms with van der Waals surface area (Å²) in [5.74, 6) is 0.120. The number of rotatable bonds is 3. The molecule has 2 N–H and O–H groups in total. The summed E-state index contributed by atoms with van der Waals surface area (Å²) in [4.78, 5) is 15.6. The zero-order chi connectivity index (χ0) is 13.7. The number of pyridine rings is 1. The first kappa shape index (κ1) is 13.5. The van der Waals surface area contributed by atoms with E-state index in [0.717, 1.165) is 4.47 Å². The highest BCUT2D eigenvalue weighted by atomic mass is 79.9. The van der Waals surface area contributed by atoms with E-state index in [2.05, 4.69) is 31.5 Å². The van der Waals surface area contributed by atoms with Gasteiger partial charge in [-0.3, -0.25) is 5.32 Å². The van der Waals surface area contributed by atoms with Crippen LogP contribution in [-0.4, -0.2) is 11.0 Å². The van der Waals surface area contributed by atoms with Gasteiger partial charge in [-0.15, -0.1) is 0 Å². The molecule has 4 nitrogen and oxygen atoms in total. The lowest BCUT2D eigenvalue weighted by molar-refractivity contribution is 0.251. The average molecular weight is 324 g/mol. The maximum atomic E-state index is 12.9.